The minimum atomic E-state index is -3.76. The van der Waals surface area contributed by atoms with Gasteiger partial charge in [-0.05, 0) is 49.4 Å². The number of hydrogen-bond acceptors (Lipinski definition) is 5. The van der Waals surface area contributed by atoms with Crippen LogP contribution in [0, 0.1) is 5.92 Å². The van der Waals surface area contributed by atoms with Gasteiger partial charge in [-0.15, -0.1) is 0 Å². The van der Waals surface area contributed by atoms with Crippen molar-refractivity contribution in [2.45, 2.75) is 56.2 Å². The van der Waals surface area contributed by atoms with Crippen molar-refractivity contribution in [3.8, 4) is 0 Å². The molecule has 1 aliphatic heterocycles. The maximum absolute atomic E-state index is 13.3. The minimum Gasteiger partial charge on any atom is -0.390 e. The average molecular weight is 527 g/mol. The van der Waals surface area contributed by atoms with Crippen LogP contribution < -0.4 is 10.6 Å². The molecule has 2 aromatic carbocycles. The Balaban J connectivity index is 1.43. The zero-order valence-electron chi connectivity index (χ0n) is 21.1. The highest BCUT2D eigenvalue weighted by molar-refractivity contribution is 7.89. The molecule has 10 heteroatoms. The second kappa shape index (κ2) is 11.5. The van der Waals surface area contributed by atoms with Crippen molar-refractivity contribution >= 4 is 32.7 Å². The number of aliphatic hydroxyl groups is 1. The maximum atomic E-state index is 13.3. The zero-order valence-corrected chi connectivity index (χ0v) is 21.9. The number of carbonyl (C=O) groups excluding carboxylic acids is 2. The quantitative estimate of drug-likeness (QED) is 0.358. The van der Waals surface area contributed by atoms with Crippen LogP contribution in [0.5, 0.6) is 0 Å². The Morgan fingerprint density at radius 3 is 2.51 bits per heavy atom. The van der Waals surface area contributed by atoms with E-state index in [1.54, 1.807) is 24.3 Å². The minimum absolute atomic E-state index is 0.127. The summed E-state index contributed by atoms with van der Waals surface area (Å²) in [7, 11) is -3.76. The third kappa shape index (κ3) is 6.38. The number of carbonyl (C=O) groups is 2. The molecule has 0 saturated carbocycles. The van der Waals surface area contributed by atoms with E-state index in [1.807, 2.05) is 38.1 Å². The number of nitrogens with zero attached hydrogens (tertiary/aromatic N) is 1. The number of rotatable bonds is 8. The van der Waals surface area contributed by atoms with E-state index in [1.165, 1.54) is 16.4 Å². The first-order chi connectivity index (χ1) is 17.6. The Morgan fingerprint density at radius 2 is 1.81 bits per heavy atom. The van der Waals surface area contributed by atoms with E-state index in [0.29, 0.717) is 25.0 Å². The van der Waals surface area contributed by atoms with E-state index in [2.05, 4.69) is 15.6 Å². The number of aromatic nitrogens is 1. The van der Waals surface area contributed by atoms with E-state index < -0.39 is 40.0 Å². The fourth-order valence-corrected chi connectivity index (χ4v) is 6.17. The van der Waals surface area contributed by atoms with Gasteiger partial charge in [0.15, 0.2) is 0 Å². The van der Waals surface area contributed by atoms with Gasteiger partial charge < -0.3 is 20.7 Å². The van der Waals surface area contributed by atoms with Crippen LogP contribution in [0.1, 0.15) is 43.6 Å². The van der Waals surface area contributed by atoms with Crippen LogP contribution in [-0.4, -0.2) is 65.9 Å². The lowest BCUT2D eigenvalue weighted by atomic mass is 10.0. The van der Waals surface area contributed by atoms with E-state index in [9.17, 15) is 23.1 Å². The molecule has 198 valence electrons. The number of para-hydroxylation sites is 1. The van der Waals surface area contributed by atoms with E-state index in [4.69, 9.17) is 0 Å². The molecule has 2 amide bonds. The molecule has 2 heterocycles. The smallest absolute Gasteiger partial charge is 0.268 e. The van der Waals surface area contributed by atoms with Gasteiger partial charge in [-0.25, -0.2) is 8.42 Å². The Kier molecular flexibility index (Phi) is 8.31. The second-order valence-electron chi connectivity index (χ2n) is 9.93. The predicted octanol–water partition coefficient (Wildman–Crippen LogP) is 2.64. The van der Waals surface area contributed by atoms with Crippen LogP contribution in [0.3, 0.4) is 0 Å². The van der Waals surface area contributed by atoms with Crippen molar-refractivity contribution in [2.24, 2.45) is 5.92 Å². The Labute approximate surface area is 217 Å². The molecule has 3 aromatic rings. The van der Waals surface area contributed by atoms with E-state index in [0.717, 1.165) is 10.9 Å². The SMILES string of the molecule is CC(C)CC(NC(=O)c1cc2ccccc2[nH]1)C(=O)NC1CCCN(S(=O)(=O)c2ccccc2)C[C@@H]1O. The number of β-amino-alcohol motifs (C(OH)–C–C–N with tert-alkyl or cyclic N) is 1. The summed E-state index contributed by atoms with van der Waals surface area (Å²) in [4.78, 5) is 29.5. The van der Waals surface area contributed by atoms with Gasteiger partial charge in [0, 0.05) is 24.0 Å². The van der Waals surface area contributed by atoms with Gasteiger partial charge in [-0.1, -0.05) is 50.2 Å². The molecule has 4 rings (SSSR count). The summed E-state index contributed by atoms with van der Waals surface area (Å²) in [6.45, 7) is 4.04. The number of aliphatic hydroxyl groups excluding tert-OH is 1. The molecule has 1 aliphatic rings. The van der Waals surface area contributed by atoms with Crippen LogP contribution in [0.2, 0.25) is 0 Å². The Bertz CT molecular complexity index is 1310. The molecular weight excluding hydrogens is 492 g/mol. The molecule has 0 bridgehead atoms. The number of sulfonamides is 1. The number of nitrogens with one attached hydrogen (secondary N) is 3. The predicted molar refractivity (Wildman–Crippen MR) is 141 cm³/mol. The standard InChI is InChI=1S/C27H34N4O5S/c1-18(2)15-23(30-27(34)24-16-19-9-6-7-12-21(19)28-24)26(33)29-22-13-8-14-31(17-25(22)32)37(35,36)20-10-4-3-5-11-20/h3-7,9-12,16,18,22-23,25,28,32H,8,13-15,17H2,1-2H3,(H,29,33)(H,30,34)/t22?,23?,25-/m0/s1. The van der Waals surface area contributed by atoms with Crippen molar-refractivity contribution in [1.29, 1.82) is 0 Å². The number of amides is 2. The topological polar surface area (TPSA) is 132 Å². The van der Waals surface area contributed by atoms with Crippen LogP contribution >= 0.6 is 0 Å². The summed E-state index contributed by atoms with van der Waals surface area (Å²) >= 11 is 0. The van der Waals surface area contributed by atoms with E-state index >= 15 is 0 Å². The van der Waals surface area contributed by atoms with Crippen molar-refractivity contribution < 1.29 is 23.1 Å². The molecule has 2 unspecified atom stereocenters. The first-order valence-corrected chi connectivity index (χ1v) is 14.0. The second-order valence-corrected chi connectivity index (χ2v) is 11.9. The molecule has 0 radical (unpaired) electrons. The van der Waals surface area contributed by atoms with Crippen LogP contribution in [0.4, 0.5) is 0 Å². The van der Waals surface area contributed by atoms with Gasteiger partial charge in [0.1, 0.15) is 11.7 Å². The van der Waals surface area contributed by atoms with Crippen LogP contribution in [0.25, 0.3) is 10.9 Å². The number of hydrogen-bond donors (Lipinski definition) is 4. The fourth-order valence-electron chi connectivity index (χ4n) is 4.65. The third-order valence-corrected chi connectivity index (χ3v) is 8.47. The molecule has 1 aromatic heterocycles. The monoisotopic (exact) mass is 526 g/mol. The summed E-state index contributed by atoms with van der Waals surface area (Å²) in [6.07, 6.45) is 0.214. The lowest BCUT2D eigenvalue weighted by Crippen LogP contribution is -2.54. The third-order valence-electron chi connectivity index (χ3n) is 6.59. The molecule has 9 nitrogen and oxygen atoms in total. The molecule has 4 N–H and O–H groups in total. The van der Waals surface area contributed by atoms with Crippen molar-refractivity contribution in [2.75, 3.05) is 13.1 Å². The largest absolute Gasteiger partial charge is 0.390 e. The molecule has 0 aliphatic carbocycles. The highest BCUT2D eigenvalue weighted by Crippen LogP contribution is 2.21. The van der Waals surface area contributed by atoms with Gasteiger partial charge >= 0.3 is 0 Å². The number of benzene rings is 2. The lowest BCUT2D eigenvalue weighted by Gasteiger charge is -2.27. The van der Waals surface area contributed by atoms with Gasteiger partial charge in [-0.2, -0.15) is 4.31 Å². The zero-order chi connectivity index (χ0) is 26.6. The number of aromatic amines is 1. The molecule has 1 saturated heterocycles. The maximum Gasteiger partial charge on any atom is 0.268 e. The van der Waals surface area contributed by atoms with Gasteiger partial charge in [0.2, 0.25) is 15.9 Å². The van der Waals surface area contributed by atoms with Crippen molar-refractivity contribution in [3.05, 3.63) is 66.4 Å². The summed E-state index contributed by atoms with van der Waals surface area (Å²) in [6, 6.07) is 15.9. The highest BCUT2D eigenvalue weighted by atomic mass is 32.2. The van der Waals surface area contributed by atoms with Crippen LogP contribution in [-0.2, 0) is 14.8 Å². The molecule has 37 heavy (non-hydrogen) atoms. The van der Waals surface area contributed by atoms with Gasteiger partial charge in [0.25, 0.3) is 5.91 Å². The first-order valence-electron chi connectivity index (χ1n) is 12.6. The summed E-state index contributed by atoms with van der Waals surface area (Å²) in [5.74, 6) is -0.663. The molecular formula is C27H34N4O5S. The molecule has 3 atom stereocenters. The number of H-pyrrole nitrogens is 1. The summed E-state index contributed by atoms with van der Waals surface area (Å²) < 4.78 is 27.3. The Hall–Kier alpha value is -3.21. The van der Waals surface area contributed by atoms with E-state index in [-0.39, 0.29) is 23.9 Å². The van der Waals surface area contributed by atoms with Gasteiger partial charge in [0.05, 0.1) is 17.0 Å². The fraction of sp³-hybridized carbons (Fsp3) is 0.407. The van der Waals surface area contributed by atoms with Crippen molar-refractivity contribution in [3.63, 3.8) is 0 Å². The number of fused-ring (bicyclic) bond motifs is 1. The highest BCUT2D eigenvalue weighted by Gasteiger charge is 2.34. The van der Waals surface area contributed by atoms with Crippen LogP contribution in [0.15, 0.2) is 65.6 Å². The average Bonchev–Trinajstić information content (AvgIpc) is 3.23. The summed E-state index contributed by atoms with van der Waals surface area (Å²) in [5, 5.41) is 17.5. The Morgan fingerprint density at radius 1 is 1.11 bits per heavy atom. The summed E-state index contributed by atoms with van der Waals surface area (Å²) in [5.41, 5.74) is 1.19. The lowest BCUT2D eigenvalue weighted by molar-refractivity contribution is -0.125. The molecule has 1 fully saturated rings. The first kappa shape index (κ1) is 26.8. The molecule has 0 spiro atoms. The normalized spacial score (nSPS) is 19.9. The van der Waals surface area contributed by atoms with Crippen molar-refractivity contribution in [1.82, 2.24) is 19.9 Å². The van der Waals surface area contributed by atoms with Gasteiger partial charge in [-0.3, -0.25) is 9.59 Å².